The Morgan fingerprint density at radius 3 is 2.48 bits per heavy atom. The van der Waals surface area contributed by atoms with Gasteiger partial charge < -0.3 is 15.2 Å². The number of hydrogen-bond donors (Lipinski definition) is 2. The van der Waals surface area contributed by atoms with Crippen LogP contribution in [0.15, 0.2) is 30.3 Å². The third-order valence-electron chi connectivity index (χ3n) is 4.31. The molecule has 2 N–H and O–H groups in total. The van der Waals surface area contributed by atoms with Gasteiger partial charge in [-0.2, -0.15) is 0 Å². The molecule has 148 valence electrons. The van der Waals surface area contributed by atoms with Crippen molar-refractivity contribution >= 4 is 34.8 Å². The molecule has 0 spiro atoms. The Bertz CT molecular complexity index is 765. The van der Waals surface area contributed by atoms with Gasteiger partial charge in [0, 0.05) is 21.6 Å². The Balaban J connectivity index is 1.79. The summed E-state index contributed by atoms with van der Waals surface area (Å²) in [6, 6.07) is 9.35. The lowest BCUT2D eigenvalue weighted by Crippen LogP contribution is -2.32. The Kier molecular flexibility index (Phi) is 8.71. The lowest BCUT2D eigenvalue weighted by Gasteiger charge is -2.18. The van der Waals surface area contributed by atoms with Crippen LogP contribution >= 0.6 is 34.8 Å². The standard InChI is InChI=1S/C21H26Cl3NO2/c1-13(2)18-10-19(23)14(3)8-21(18)27-12-17(26)11-25-7-6-15-4-5-16(22)9-20(15)24/h4-5,8-10,13,17,25-26H,6-7,11-12H2,1-3H3/t17-/m1/s1. The van der Waals surface area contributed by atoms with Gasteiger partial charge in [0.15, 0.2) is 0 Å². The van der Waals surface area contributed by atoms with Gasteiger partial charge in [0.1, 0.15) is 18.5 Å². The van der Waals surface area contributed by atoms with Crippen LogP contribution in [0, 0.1) is 6.92 Å². The molecule has 2 aromatic rings. The van der Waals surface area contributed by atoms with Gasteiger partial charge in [0.25, 0.3) is 0 Å². The van der Waals surface area contributed by atoms with Gasteiger partial charge in [-0.1, -0.05) is 54.7 Å². The summed E-state index contributed by atoms with van der Waals surface area (Å²) in [6.07, 6.45) is 0.152. The van der Waals surface area contributed by atoms with E-state index < -0.39 is 6.10 Å². The SMILES string of the molecule is Cc1cc(OC[C@H](O)CNCCc2ccc(Cl)cc2Cl)c(C(C)C)cc1Cl. The highest BCUT2D eigenvalue weighted by Gasteiger charge is 2.13. The van der Waals surface area contributed by atoms with E-state index in [0.29, 0.717) is 23.1 Å². The molecule has 0 saturated carbocycles. The van der Waals surface area contributed by atoms with Gasteiger partial charge in [-0.25, -0.2) is 0 Å². The first-order valence-corrected chi connectivity index (χ1v) is 10.2. The van der Waals surface area contributed by atoms with E-state index in [-0.39, 0.29) is 12.5 Å². The number of aryl methyl sites for hydroxylation is 1. The highest BCUT2D eigenvalue weighted by atomic mass is 35.5. The third-order valence-corrected chi connectivity index (χ3v) is 5.30. The van der Waals surface area contributed by atoms with Crippen molar-refractivity contribution in [2.24, 2.45) is 0 Å². The van der Waals surface area contributed by atoms with Crippen LogP contribution in [-0.4, -0.2) is 30.9 Å². The first kappa shape index (κ1) is 22.3. The molecule has 2 rings (SSSR count). The van der Waals surface area contributed by atoms with E-state index in [1.807, 2.05) is 31.2 Å². The normalized spacial score (nSPS) is 12.4. The number of ether oxygens (including phenoxy) is 1. The van der Waals surface area contributed by atoms with Crippen LogP contribution in [0.3, 0.4) is 0 Å². The molecule has 27 heavy (non-hydrogen) atoms. The second-order valence-electron chi connectivity index (χ2n) is 6.95. The topological polar surface area (TPSA) is 41.5 Å². The zero-order valence-electron chi connectivity index (χ0n) is 15.9. The first-order chi connectivity index (χ1) is 12.8. The molecule has 0 aliphatic heterocycles. The third kappa shape index (κ3) is 6.85. The maximum Gasteiger partial charge on any atom is 0.123 e. The van der Waals surface area contributed by atoms with Crippen LogP contribution in [0.5, 0.6) is 5.75 Å². The van der Waals surface area contributed by atoms with E-state index in [1.165, 1.54) is 0 Å². The lowest BCUT2D eigenvalue weighted by molar-refractivity contribution is 0.106. The van der Waals surface area contributed by atoms with Crippen molar-refractivity contribution in [3.63, 3.8) is 0 Å². The van der Waals surface area contributed by atoms with Crippen LogP contribution in [-0.2, 0) is 6.42 Å². The highest BCUT2D eigenvalue weighted by Crippen LogP contribution is 2.32. The zero-order valence-corrected chi connectivity index (χ0v) is 18.1. The minimum atomic E-state index is -0.610. The molecular formula is C21H26Cl3NO2. The van der Waals surface area contributed by atoms with Crippen LogP contribution < -0.4 is 10.1 Å². The molecular weight excluding hydrogens is 405 g/mol. The van der Waals surface area contributed by atoms with E-state index in [4.69, 9.17) is 39.5 Å². The maximum atomic E-state index is 10.2. The lowest BCUT2D eigenvalue weighted by atomic mass is 10.0. The summed E-state index contributed by atoms with van der Waals surface area (Å²) < 4.78 is 5.86. The number of nitrogens with one attached hydrogen (secondary N) is 1. The van der Waals surface area contributed by atoms with Crippen molar-refractivity contribution in [3.8, 4) is 5.75 Å². The summed E-state index contributed by atoms with van der Waals surface area (Å²) in [5, 5.41) is 15.4. The summed E-state index contributed by atoms with van der Waals surface area (Å²) in [6.45, 7) is 7.49. The predicted molar refractivity (Wildman–Crippen MR) is 115 cm³/mol. The first-order valence-electron chi connectivity index (χ1n) is 9.03. The number of aliphatic hydroxyl groups excluding tert-OH is 1. The number of hydrogen-bond acceptors (Lipinski definition) is 3. The summed E-state index contributed by atoms with van der Waals surface area (Å²) in [7, 11) is 0. The van der Waals surface area contributed by atoms with Gasteiger partial charge in [0.05, 0.1) is 0 Å². The largest absolute Gasteiger partial charge is 0.491 e. The number of halogens is 3. The fourth-order valence-electron chi connectivity index (χ4n) is 2.71. The molecule has 0 saturated heterocycles. The average Bonchev–Trinajstić information content (AvgIpc) is 2.60. The number of aliphatic hydroxyl groups is 1. The predicted octanol–water partition coefficient (Wildman–Crippen LogP) is 5.65. The fourth-order valence-corrected chi connectivity index (χ4v) is 3.38. The van der Waals surface area contributed by atoms with Crippen LogP contribution in [0.4, 0.5) is 0 Å². The van der Waals surface area contributed by atoms with E-state index in [1.54, 1.807) is 6.07 Å². The Hall–Kier alpha value is -0.970. The molecule has 0 radical (unpaired) electrons. The van der Waals surface area contributed by atoms with E-state index in [2.05, 4.69) is 19.2 Å². The second-order valence-corrected chi connectivity index (χ2v) is 8.20. The molecule has 0 fully saturated rings. The Morgan fingerprint density at radius 1 is 1.07 bits per heavy atom. The van der Waals surface area contributed by atoms with Crippen molar-refractivity contribution in [3.05, 3.63) is 62.1 Å². The molecule has 0 aliphatic rings. The zero-order chi connectivity index (χ0) is 20.0. The van der Waals surface area contributed by atoms with Gasteiger partial charge >= 0.3 is 0 Å². The molecule has 0 aromatic heterocycles. The quantitative estimate of drug-likeness (QED) is 0.505. The average molecular weight is 431 g/mol. The van der Waals surface area contributed by atoms with Gasteiger partial charge in [-0.05, 0) is 66.8 Å². The van der Waals surface area contributed by atoms with Crippen LogP contribution in [0.2, 0.25) is 15.1 Å². The fraction of sp³-hybridized carbons (Fsp3) is 0.429. The van der Waals surface area contributed by atoms with Crippen molar-refractivity contribution in [2.75, 3.05) is 19.7 Å². The molecule has 0 heterocycles. The van der Waals surface area contributed by atoms with Crippen molar-refractivity contribution < 1.29 is 9.84 Å². The minimum Gasteiger partial charge on any atom is -0.491 e. The molecule has 0 unspecified atom stereocenters. The Morgan fingerprint density at radius 2 is 1.81 bits per heavy atom. The smallest absolute Gasteiger partial charge is 0.123 e. The molecule has 3 nitrogen and oxygen atoms in total. The highest BCUT2D eigenvalue weighted by molar-refractivity contribution is 6.35. The van der Waals surface area contributed by atoms with Crippen molar-refractivity contribution in [1.29, 1.82) is 0 Å². The van der Waals surface area contributed by atoms with Gasteiger partial charge in [-0.15, -0.1) is 0 Å². The number of benzene rings is 2. The summed E-state index contributed by atoms with van der Waals surface area (Å²) in [5.74, 6) is 1.07. The van der Waals surface area contributed by atoms with E-state index >= 15 is 0 Å². The van der Waals surface area contributed by atoms with Crippen LogP contribution in [0.1, 0.15) is 36.5 Å². The molecule has 2 aromatic carbocycles. The molecule has 6 heteroatoms. The second kappa shape index (κ2) is 10.5. The van der Waals surface area contributed by atoms with E-state index in [9.17, 15) is 5.11 Å². The Labute approximate surface area is 176 Å². The van der Waals surface area contributed by atoms with Crippen LogP contribution in [0.25, 0.3) is 0 Å². The van der Waals surface area contributed by atoms with Gasteiger partial charge in [-0.3, -0.25) is 0 Å². The summed E-state index contributed by atoms with van der Waals surface area (Å²) in [5.41, 5.74) is 3.03. The minimum absolute atomic E-state index is 0.218. The molecule has 0 bridgehead atoms. The van der Waals surface area contributed by atoms with E-state index in [0.717, 1.165) is 33.9 Å². The van der Waals surface area contributed by atoms with Crippen molar-refractivity contribution in [1.82, 2.24) is 5.32 Å². The summed E-state index contributed by atoms with van der Waals surface area (Å²) in [4.78, 5) is 0. The van der Waals surface area contributed by atoms with Gasteiger partial charge in [0.2, 0.25) is 0 Å². The van der Waals surface area contributed by atoms with Crippen molar-refractivity contribution in [2.45, 2.75) is 39.2 Å². The molecule has 0 aliphatic carbocycles. The maximum absolute atomic E-state index is 10.2. The molecule has 1 atom stereocenters. The molecule has 0 amide bonds. The summed E-state index contributed by atoms with van der Waals surface area (Å²) >= 11 is 18.3. The monoisotopic (exact) mass is 429 g/mol. The number of rotatable bonds is 9.